The molecule has 2 unspecified atom stereocenters. The van der Waals surface area contributed by atoms with Crippen molar-refractivity contribution in [3.63, 3.8) is 0 Å². The Morgan fingerprint density at radius 1 is 1.32 bits per heavy atom. The molecule has 0 saturated carbocycles. The largest absolute Gasteiger partial charge is 0.465 e. The number of carbonyl (C=O) groups excluding carboxylic acids is 2. The second-order valence-corrected chi connectivity index (χ2v) is 6.52. The first-order valence-corrected chi connectivity index (χ1v) is 8.72. The number of hydrogen-bond donors (Lipinski definition) is 0. The van der Waals surface area contributed by atoms with E-state index in [1.165, 1.54) is 0 Å². The van der Waals surface area contributed by atoms with Gasteiger partial charge in [-0.15, -0.1) is 0 Å². The van der Waals surface area contributed by atoms with Crippen molar-refractivity contribution in [3.8, 4) is 0 Å². The molecule has 0 fully saturated rings. The van der Waals surface area contributed by atoms with Crippen molar-refractivity contribution < 1.29 is 19.1 Å². The third kappa shape index (κ3) is 3.23. The van der Waals surface area contributed by atoms with E-state index in [0.717, 1.165) is 24.0 Å². The zero-order chi connectivity index (χ0) is 18.0. The molecule has 0 amide bonds. The molecule has 0 aliphatic carbocycles. The number of carbonyl (C=O) groups is 2. The third-order valence-corrected chi connectivity index (χ3v) is 4.80. The molecule has 0 spiro atoms. The maximum atomic E-state index is 12.8. The number of esters is 2. The van der Waals surface area contributed by atoms with E-state index in [1.807, 2.05) is 45.0 Å². The lowest BCUT2D eigenvalue weighted by Gasteiger charge is -2.30. The maximum Gasteiger partial charge on any atom is 0.337 e. The molecule has 3 rings (SSSR count). The maximum absolute atomic E-state index is 12.8. The van der Waals surface area contributed by atoms with Crippen LogP contribution in [0.2, 0.25) is 0 Å². The van der Waals surface area contributed by atoms with E-state index in [4.69, 9.17) is 9.47 Å². The van der Waals surface area contributed by atoms with Crippen molar-refractivity contribution in [2.24, 2.45) is 10.9 Å². The molecule has 2 heterocycles. The summed E-state index contributed by atoms with van der Waals surface area (Å²) < 4.78 is 10.7. The van der Waals surface area contributed by atoms with Crippen molar-refractivity contribution in [1.29, 1.82) is 0 Å². The Balaban J connectivity index is 2.03. The first kappa shape index (κ1) is 17.4. The SMILES string of the molecule is CCCCOC(=O)C1C(C)=NC2=C(C(=O)OC2)C1c1ccccc1C. The van der Waals surface area contributed by atoms with Crippen LogP contribution in [-0.2, 0) is 19.1 Å². The van der Waals surface area contributed by atoms with E-state index in [2.05, 4.69) is 4.99 Å². The van der Waals surface area contributed by atoms with Gasteiger partial charge in [-0.2, -0.15) is 0 Å². The summed E-state index contributed by atoms with van der Waals surface area (Å²) >= 11 is 0. The van der Waals surface area contributed by atoms with E-state index in [9.17, 15) is 9.59 Å². The molecule has 2 aliphatic heterocycles. The van der Waals surface area contributed by atoms with Crippen LogP contribution in [0.25, 0.3) is 0 Å². The van der Waals surface area contributed by atoms with Crippen LogP contribution in [0.5, 0.6) is 0 Å². The Morgan fingerprint density at radius 3 is 2.80 bits per heavy atom. The molecule has 5 nitrogen and oxygen atoms in total. The summed E-state index contributed by atoms with van der Waals surface area (Å²) in [5.74, 6) is -1.71. The highest BCUT2D eigenvalue weighted by molar-refractivity contribution is 6.07. The van der Waals surface area contributed by atoms with Crippen LogP contribution in [0, 0.1) is 12.8 Å². The van der Waals surface area contributed by atoms with Crippen molar-refractivity contribution in [3.05, 3.63) is 46.7 Å². The number of hydrogen-bond acceptors (Lipinski definition) is 5. The fourth-order valence-corrected chi connectivity index (χ4v) is 3.48. The second-order valence-electron chi connectivity index (χ2n) is 6.52. The molecule has 2 atom stereocenters. The number of ether oxygens (including phenoxy) is 2. The van der Waals surface area contributed by atoms with Crippen molar-refractivity contribution in [2.75, 3.05) is 13.2 Å². The number of aryl methyl sites for hydroxylation is 1. The molecule has 0 saturated heterocycles. The lowest BCUT2D eigenvalue weighted by Crippen LogP contribution is -2.35. The molecule has 1 aromatic carbocycles. The summed E-state index contributed by atoms with van der Waals surface area (Å²) in [5, 5.41) is 0. The van der Waals surface area contributed by atoms with Crippen molar-refractivity contribution in [1.82, 2.24) is 0 Å². The van der Waals surface area contributed by atoms with Crippen LogP contribution in [0.15, 0.2) is 40.5 Å². The lowest BCUT2D eigenvalue weighted by molar-refractivity contribution is -0.146. The molecule has 0 radical (unpaired) electrons. The molecular weight excluding hydrogens is 318 g/mol. The summed E-state index contributed by atoms with van der Waals surface area (Å²) in [5.41, 5.74) is 3.78. The van der Waals surface area contributed by atoms with Gasteiger partial charge in [-0.05, 0) is 31.4 Å². The highest BCUT2D eigenvalue weighted by Crippen LogP contribution is 2.43. The minimum absolute atomic E-state index is 0.172. The van der Waals surface area contributed by atoms with E-state index in [1.54, 1.807) is 0 Å². The summed E-state index contributed by atoms with van der Waals surface area (Å²) in [6.07, 6.45) is 1.77. The highest BCUT2D eigenvalue weighted by Gasteiger charge is 2.45. The van der Waals surface area contributed by atoms with Crippen molar-refractivity contribution >= 4 is 17.7 Å². The average molecular weight is 341 g/mol. The van der Waals surface area contributed by atoms with Gasteiger partial charge in [0.05, 0.1) is 17.9 Å². The van der Waals surface area contributed by atoms with Gasteiger partial charge >= 0.3 is 11.9 Å². The van der Waals surface area contributed by atoms with Crippen LogP contribution in [0.3, 0.4) is 0 Å². The quantitative estimate of drug-likeness (QED) is 0.609. The first-order chi connectivity index (χ1) is 12.0. The zero-order valence-corrected chi connectivity index (χ0v) is 14.9. The highest BCUT2D eigenvalue weighted by atomic mass is 16.5. The summed E-state index contributed by atoms with van der Waals surface area (Å²) in [6.45, 7) is 6.41. The van der Waals surface area contributed by atoms with E-state index < -0.39 is 11.8 Å². The van der Waals surface area contributed by atoms with Gasteiger partial charge in [0, 0.05) is 11.6 Å². The van der Waals surface area contributed by atoms with E-state index in [-0.39, 0.29) is 18.5 Å². The fraction of sp³-hybridized carbons (Fsp3) is 0.450. The number of nitrogens with zero attached hydrogens (tertiary/aromatic N) is 1. The molecule has 0 bridgehead atoms. The number of benzene rings is 1. The Bertz CT molecular complexity index is 763. The lowest BCUT2D eigenvalue weighted by atomic mass is 9.75. The van der Waals surface area contributed by atoms with Gasteiger partial charge in [-0.25, -0.2) is 4.79 Å². The second kappa shape index (κ2) is 7.21. The Kier molecular flexibility index (Phi) is 5.02. The van der Waals surface area contributed by atoms with E-state index in [0.29, 0.717) is 23.6 Å². The first-order valence-electron chi connectivity index (χ1n) is 8.72. The number of rotatable bonds is 5. The number of unbranched alkanes of at least 4 members (excludes halogenated alkanes) is 1. The van der Waals surface area contributed by atoms with Crippen LogP contribution in [0.1, 0.15) is 43.7 Å². The monoisotopic (exact) mass is 341 g/mol. The molecule has 132 valence electrons. The minimum Gasteiger partial charge on any atom is -0.465 e. The standard InChI is InChI=1S/C20H23NO4/c1-4-5-10-24-19(22)16-13(3)21-15-11-25-20(23)18(15)17(16)14-9-7-6-8-12(14)2/h6-9,16-17H,4-5,10-11H2,1-3H3. The average Bonchev–Trinajstić information content (AvgIpc) is 2.95. The summed E-state index contributed by atoms with van der Waals surface area (Å²) in [7, 11) is 0. The predicted octanol–water partition coefficient (Wildman–Crippen LogP) is 3.32. The van der Waals surface area contributed by atoms with Gasteiger partial charge in [-0.1, -0.05) is 37.6 Å². The smallest absolute Gasteiger partial charge is 0.337 e. The normalized spacial score (nSPS) is 22.4. The van der Waals surface area contributed by atoms with Crippen LogP contribution >= 0.6 is 0 Å². The fourth-order valence-electron chi connectivity index (χ4n) is 3.48. The number of cyclic esters (lactones) is 1. The molecule has 0 N–H and O–H groups in total. The molecule has 0 aromatic heterocycles. The molecule has 5 heteroatoms. The van der Waals surface area contributed by atoms with Gasteiger partial charge < -0.3 is 9.47 Å². The zero-order valence-electron chi connectivity index (χ0n) is 14.9. The van der Waals surface area contributed by atoms with Crippen molar-refractivity contribution in [2.45, 2.75) is 39.5 Å². The van der Waals surface area contributed by atoms with Gasteiger partial charge in [0.2, 0.25) is 0 Å². The molecule has 25 heavy (non-hydrogen) atoms. The topological polar surface area (TPSA) is 65.0 Å². The van der Waals surface area contributed by atoms with E-state index >= 15 is 0 Å². The summed E-state index contributed by atoms with van der Waals surface area (Å²) in [6, 6.07) is 7.81. The van der Waals surface area contributed by atoms with Gasteiger partial charge in [0.25, 0.3) is 0 Å². The van der Waals surface area contributed by atoms with Gasteiger partial charge in [0.15, 0.2) is 0 Å². The molecule has 2 aliphatic rings. The predicted molar refractivity (Wildman–Crippen MR) is 94.4 cm³/mol. The van der Waals surface area contributed by atoms with Crippen LogP contribution in [0.4, 0.5) is 0 Å². The Hall–Kier alpha value is -2.43. The van der Waals surface area contributed by atoms with Gasteiger partial charge in [-0.3, -0.25) is 9.79 Å². The third-order valence-electron chi connectivity index (χ3n) is 4.80. The minimum atomic E-state index is -0.595. The van der Waals surface area contributed by atoms with Crippen LogP contribution < -0.4 is 0 Å². The number of aliphatic imine (C=N–C) groups is 1. The van der Waals surface area contributed by atoms with Gasteiger partial charge in [0.1, 0.15) is 12.5 Å². The molecule has 1 aromatic rings. The molecular formula is C20H23NO4. The summed E-state index contributed by atoms with van der Waals surface area (Å²) in [4.78, 5) is 29.6. The Labute approximate surface area is 147 Å². The van der Waals surface area contributed by atoms with Crippen LogP contribution in [-0.4, -0.2) is 30.9 Å². The Morgan fingerprint density at radius 2 is 2.08 bits per heavy atom.